The van der Waals surface area contributed by atoms with Gasteiger partial charge in [-0.1, -0.05) is 25.3 Å². The summed E-state index contributed by atoms with van der Waals surface area (Å²) in [4.78, 5) is 4.22. The third kappa shape index (κ3) is 2.05. The molecule has 1 aliphatic carbocycles. The lowest BCUT2D eigenvalue weighted by molar-refractivity contribution is 0.438. The Morgan fingerprint density at radius 1 is 1.23 bits per heavy atom. The van der Waals surface area contributed by atoms with E-state index in [9.17, 15) is 0 Å². The lowest BCUT2D eigenvalue weighted by Crippen LogP contribution is -2.05. The number of hydrogen-bond donors (Lipinski definition) is 1. The highest BCUT2D eigenvalue weighted by Crippen LogP contribution is 2.34. The van der Waals surface area contributed by atoms with Crippen molar-refractivity contribution in [3.8, 4) is 0 Å². The molecule has 0 atom stereocenters. The predicted octanol–water partition coefficient (Wildman–Crippen LogP) is 3.42. The number of rotatable bonds is 1. The summed E-state index contributed by atoms with van der Waals surface area (Å²) in [7, 11) is 0. The highest BCUT2D eigenvalue weighted by molar-refractivity contribution is 7.80. The fourth-order valence-corrected chi connectivity index (χ4v) is 2.47. The summed E-state index contributed by atoms with van der Waals surface area (Å²) in [5.41, 5.74) is 1.35. The van der Waals surface area contributed by atoms with Crippen LogP contribution in [0.3, 0.4) is 0 Å². The molecule has 1 saturated carbocycles. The summed E-state index contributed by atoms with van der Waals surface area (Å²) in [6.45, 7) is 0. The van der Waals surface area contributed by atoms with E-state index < -0.39 is 0 Å². The molecule has 0 unspecified atom stereocenters. The average molecular weight is 193 g/mol. The number of thiol groups is 1. The summed E-state index contributed by atoms with van der Waals surface area (Å²) in [6.07, 6.45) is 8.59. The molecule has 0 aromatic carbocycles. The predicted molar refractivity (Wildman–Crippen MR) is 57.3 cm³/mol. The second kappa shape index (κ2) is 4.14. The highest BCUT2D eigenvalue weighted by Gasteiger charge is 2.17. The first kappa shape index (κ1) is 9.07. The minimum absolute atomic E-state index is 0.718. The van der Waals surface area contributed by atoms with E-state index in [2.05, 4.69) is 23.7 Å². The molecular weight excluding hydrogens is 178 g/mol. The normalized spacial score (nSPS) is 18.8. The molecule has 2 heteroatoms. The summed E-state index contributed by atoms with van der Waals surface area (Å²) in [5, 5.41) is 0.925. The van der Waals surface area contributed by atoms with Crippen molar-refractivity contribution < 1.29 is 0 Å². The van der Waals surface area contributed by atoms with Gasteiger partial charge in [0.25, 0.3) is 0 Å². The van der Waals surface area contributed by atoms with Crippen molar-refractivity contribution in [2.24, 2.45) is 0 Å². The van der Waals surface area contributed by atoms with E-state index in [0.29, 0.717) is 0 Å². The molecule has 0 bridgehead atoms. The monoisotopic (exact) mass is 193 g/mol. The Morgan fingerprint density at radius 2 is 2.00 bits per heavy atom. The molecule has 0 spiro atoms. The molecule has 0 saturated heterocycles. The maximum absolute atomic E-state index is 4.40. The van der Waals surface area contributed by atoms with Gasteiger partial charge in [0.05, 0.1) is 5.03 Å². The van der Waals surface area contributed by atoms with Gasteiger partial charge in [-0.15, -0.1) is 12.6 Å². The van der Waals surface area contributed by atoms with Gasteiger partial charge in [0, 0.05) is 6.20 Å². The van der Waals surface area contributed by atoms with Gasteiger partial charge in [-0.2, -0.15) is 0 Å². The molecule has 1 nitrogen and oxygen atoms in total. The van der Waals surface area contributed by atoms with Crippen molar-refractivity contribution in [2.45, 2.75) is 43.0 Å². The molecule has 1 heterocycles. The summed E-state index contributed by atoms with van der Waals surface area (Å²) in [5.74, 6) is 0.718. The van der Waals surface area contributed by atoms with Crippen molar-refractivity contribution >= 4 is 12.6 Å². The van der Waals surface area contributed by atoms with E-state index in [-0.39, 0.29) is 0 Å². The van der Waals surface area contributed by atoms with Crippen LogP contribution in [0.4, 0.5) is 0 Å². The average Bonchev–Trinajstić information content (AvgIpc) is 2.20. The van der Waals surface area contributed by atoms with Crippen molar-refractivity contribution in [1.29, 1.82) is 0 Å². The van der Waals surface area contributed by atoms with Crippen molar-refractivity contribution in [2.75, 3.05) is 0 Å². The standard InChI is InChI=1S/C11H15NS/c13-11-10(7-4-8-12-11)9-5-2-1-3-6-9/h4,7-9H,1-3,5-6H2,(H,12,13). The molecule has 1 aromatic heterocycles. The minimum atomic E-state index is 0.718. The first-order chi connectivity index (χ1) is 6.38. The second-order valence-corrected chi connectivity index (χ2v) is 4.17. The molecule has 0 aliphatic heterocycles. The van der Waals surface area contributed by atoms with E-state index in [1.807, 2.05) is 12.3 Å². The van der Waals surface area contributed by atoms with Gasteiger partial charge in [-0.3, -0.25) is 0 Å². The van der Waals surface area contributed by atoms with Gasteiger partial charge in [0.15, 0.2) is 0 Å². The lowest BCUT2D eigenvalue weighted by Gasteiger charge is -2.22. The molecular formula is C11H15NS. The van der Waals surface area contributed by atoms with Crippen LogP contribution in [0.25, 0.3) is 0 Å². The SMILES string of the molecule is Sc1ncccc1C1CCCCC1. The smallest absolute Gasteiger partial charge is 0.0964 e. The van der Waals surface area contributed by atoms with Gasteiger partial charge >= 0.3 is 0 Å². The fraction of sp³-hybridized carbons (Fsp3) is 0.545. The Hall–Kier alpha value is -0.500. The van der Waals surface area contributed by atoms with Crippen LogP contribution < -0.4 is 0 Å². The summed E-state index contributed by atoms with van der Waals surface area (Å²) < 4.78 is 0. The molecule has 0 N–H and O–H groups in total. The Balaban J connectivity index is 2.18. The van der Waals surface area contributed by atoms with E-state index >= 15 is 0 Å². The van der Waals surface area contributed by atoms with Gasteiger partial charge in [0.2, 0.25) is 0 Å². The molecule has 1 aliphatic rings. The maximum Gasteiger partial charge on any atom is 0.0964 e. The highest BCUT2D eigenvalue weighted by atomic mass is 32.1. The van der Waals surface area contributed by atoms with E-state index in [0.717, 1.165) is 10.9 Å². The van der Waals surface area contributed by atoms with E-state index in [1.54, 1.807) is 0 Å². The quantitative estimate of drug-likeness (QED) is 0.674. The Labute approximate surface area is 85.0 Å². The number of pyridine rings is 1. The first-order valence-corrected chi connectivity index (χ1v) is 5.46. The molecule has 13 heavy (non-hydrogen) atoms. The summed E-state index contributed by atoms with van der Waals surface area (Å²) >= 11 is 4.40. The van der Waals surface area contributed by atoms with Crippen LogP contribution in [0.5, 0.6) is 0 Å². The fourth-order valence-electron chi connectivity index (χ4n) is 2.14. The Kier molecular flexibility index (Phi) is 2.89. The van der Waals surface area contributed by atoms with Crippen LogP contribution in [-0.4, -0.2) is 4.98 Å². The molecule has 0 radical (unpaired) electrons. The maximum atomic E-state index is 4.40. The minimum Gasteiger partial charge on any atom is -0.250 e. The number of hydrogen-bond acceptors (Lipinski definition) is 2. The van der Waals surface area contributed by atoms with Crippen LogP contribution in [-0.2, 0) is 0 Å². The van der Waals surface area contributed by atoms with E-state index in [1.165, 1.54) is 37.7 Å². The third-order valence-electron chi connectivity index (χ3n) is 2.86. The van der Waals surface area contributed by atoms with Crippen LogP contribution in [0.1, 0.15) is 43.6 Å². The van der Waals surface area contributed by atoms with Crippen LogP contribution in [0, 0.1) is 0 Å². The summed E-state index contributed by atoms with van der Waals surface area (Å²) in [6, 6.07) is 4.19. The molecule has 2 rings (SSSR count). The Bertz CT molecular complexity index is 279. The lowest BCUT2D eigenvalue weighted by atomic mass is 9.85. The molecule has 1 fully saturated rings. The van der Waals surface area contributed by atoms with Crippen molar-refractivity contribution in [3.05, 3.63) is 23.9 Å². The zero-order valence-electron chi connectivity index (χ0n) is 7.74. The van der Waals surface area contributed by atoms with Gasteiger partial charge < -0.3 is 0 Å². The van der Waals surface area contributed by atoms with Crippen LogP contribution in [0.15, 0.2) is 23.4 Å². The first-order valence-electron chi connectivity index (χ1n) is 5.02. The molecule has 1 aromatic rings. The zero-order chi connectivity index (χ0) is 9.10. The van der Waals surface area contributed by atoms with Gasteiger partial charge in [0.1, 0.15) is 0 Å². The Morgan fingerprint density at radius 3 is 2.69 bits per heavy atom. The van der Waals surface area contributed by atoms with Gasteiger partial charge in [-0.05, 0) is 30.4 Å². The molecule has 0 amide bonds. The van der Waals surface area contributed by atoms with Crippen molar-refractivity contribution in [3.63, 3.8) is 0 Å². The third-order valence-corrected chi connectivity index (χ3v) is 3.24. The zero-order valence-corrected chi connectivity index (χ0v) is 8.63. The van der Waals surface area contributed by atoms with Crippen LogP contribution in [0.2, 0.25) is 0 Å². The molecule has 70 valence electrons. The van der Waals surface area contributed by atoms with E-state index in [4.69, 9.17) is 0 Å². The second-order valence-electron chi connectivity index (χ2n) is 3.75. The van der Waals surface area contributed by atoms with Crippen molar-refractivity contribution in [1.82, 2.24) is 4.98 Å². The number of nitrogens with zero attached hydrogens (tertiary/aromatic N) is 1. The largest absolute Gasteiger partial charge is 0.250 e. The van der Waals surface area contributed by atoms with Gasteiger partial charge in [-0.25, -0.2) is 4.98 Å². The number of aromatic nitrogens is 1. The van der Waals surface area contributed by atoms with Crippen LogP contribution >= 0.6 is 12.6 Å². The topological polar surface area (TPSA) is 12.9 Å².